The molecule has 1 aromatic heterocycles. The molecule has 0 spiro atoms. The van der Waals surface area contributed by atoms with Gasteiger partial charge in [-0.2, -0.15) is 0 Å². The Morgan fingerprint density at radius 3 is 3.00 bits per heavy atom. The maximum atomic E-state index is 11.2. The van der Waals surface area contributed by atoms with E-state index in [1.54, 1.807) is 13.0 Å². The zero-order chi connectivity index (χ0) is 11.3. The lowest BCUT2D eigenvalue weighted by atomic mass is 10.2. The number of H-pyrrole nitrogens is 1. The second-order valence-electron chi connectivity index (χ2n) is 2.94. The van der Waals surface area contributed by atoms with Gasteiger partial charge < -0.3 is 9.72 Å². The number of carbonyl (C=O) groups excluding carboxylic acids is 1. The molecule has 6 nitrogen and oxygen atoms in total. The van der Waals surface area contributed by atoms with Gasteiger partial charge in [0.05, 0.1) is 18.6 Å². The van der Waals surface area contributed by atoms with Crippen LogP contribution in [-0.4, -0.2) is 29.0 Å². The lowest BCUT2D eigenvalue weighted by Crippen LogP contribution is -2.04. The van der Waals surface area contributed by atoms with Gasteiger partial charge in [0.1, 0.15) is 0 Å². The van der Waals surface area contributed by atoms with Crippen LogP contribution in [0.5, 0.6) is 0 Å². The van der Waals surface area contributed by atoms with E-state index in [1.165, 1.54) is 6.20 Å². The van der Waals surface area contributed by atoms with Crippen LogP contribution < -0.4 is 0 Å². The summed E-state index contributed by atoms with van der Waals surface area (Å²) in [7, 11) is 0. The molecule has 0 aliphatic rings. The fourth-order valence-electron chi connectivity index (χ4n) is 1.13. The third-order valence-corrected chi connectivity index (χ3v) is 1.82. The topological polar surface area (TPSA) is 85.2 Å². The first-order valence-electron chi connectivity index (χ1n) is 4.59. The van der Waals surface area contributed by atoms with Gasteiger partial charge in [-0.15, -0.1) is 0 Å². The van der Waals surface area contributed by atoms with E-state index in [-0.39, 0.29) is 13.0 Å². The van der Waals surface area contributed by atoms with Crippen LogP contribution in [0.2, 0.25) is 0 Å². The zero-order valence-electron chi connectivity index (χ0n) is 8.36. The summed E-state index contributed by atoms with van der Waals surface area (Å²) in [6.45, 7) is 1.88. The largest absolute Gasteiger partial charge is 0.462 e. The minimum Gasteiger partial charge on any atom is -0.462 e. The summed E-state index contributed by atoms with van der Waals surface area (Å²) in [6.07, 6.45) is 1.78. The molecule has 0 bridgehead atoms. The summed E-state index contributed by atoms with van der Waals surface area (Å²) < 4.78 is 4.77. The van der Waals surface area contributed by atoms with Gasteiger partial charge in [0, 0.05) is 16.8 Å². The second kappa shape index (κ2) is 5.14. The van der Waals surface area contributed by atoms with E-state index in [9.17, 15) is 14.9 Å². The Morgan fingerprint density at radius 1 is 1.67 bits per heavy atom. The van der Waals surface area contributed by atoms with E-state index in [0.717, 1.165) is 0 Å². The van der Waals surface area contributed by atoms with Crippen molar-refractivity contribution in [1.29, 1.82) is 0 Å². The molecule has 0 fully saturated rings. The van der Waals surface area contributed by atoms with Gasteiger partial charge in [-0.25, -0.2) is 4.79 Å². The molecule has 1 heterocycles. The molecular formula is C9H12N2O4. The number of carbonyl (C=O) groups is 1. The Kier molecular flexibility index (Phi) is 3.84. The molecule has 82 valence electrons. The maximum Gasteiger partial charge on any atom is 0.339 e. The number of hydrogen-bond acceptors (Lipinski definition) is 4. The van der Waals surface area contributed by atoms with Gasteiger partial charge in [-0.05, 0) is 13.0 Å². The summed E-state index contributed by atoms with van der Waals surface area (Å²) >= 11 is 0. The average molecular weight is 212 g/mol. The van der Waals surface area contributed by atoms with E-state index in [0.29, 0.717) is 17.9 Å². The van der Waals surface area contributed by atoms with Crippen LogP contribution in [0, 0.1) is 10.1 Å². The number of hydrogen-bond donors (Lipinski definition) is 1. The number of nitro groups is 1. The smallest absolute Gasteiger partial charge is 0.339 e. The Hall–Kier alpha value is -1.85. The van der Waals surface area contributed by atoms with Crippen molar-refractivity contribution in [2.24, 2.45) is 0 Å². The molecule has 0 unspecified atom stereocenters. The summed E-state index contributed by atoms with van der Waals surface area (Å²) in [5.74, 6) is -0.416. The van der Waals surface area contributed by atoms with E-state index < -0.39 is 10.9 Å². The van der Waals surface area contributed by atoms with Gasteiger partial charge in [-0.3, -0.25) is 10.1 Å². The first kappa shape index (κ1) is 11.2. The Labute approximate surface area is 86.4 Å². The lowest BCUT2D eigenvalue weighted by molar-refractivity contribution is -0.479. The van der Waals surface area contributed by atoms with Crippen molar-refractivity contribution in [3.8, 4) is 0 Å². The minimum atomic E-state index is -0.416. The van der Waals surface area contributed by atoms with Crippen LogP contribution >= 0.6 is 0 Å². The van der Waals surface area contributed by atoms with Crippen LogP contribution in [0.25, 0.3) is 0 Å². The quantitative estimate of drug-likeness (QED) is 0.448. The van der Waals surface area contributed by atoms with Gasteiger partial charge in [-0.1, -0.05) is 0 Å². The lowest BCUT2D eigenvalue weighted by Gasteiger charge is -1.96. The third-order valence-electron chi connectivity index (χ3n) is 1.82. The number of nitrogens with one attached hydrogen (secondary N) is 1. The highest BCUT2D eigenvalue weighted by Gasteiger charge is 2.09. The number of rotatable bonds is 5. The van der Waals surface area contributed by atoms with Crippen molar-refractivity contribution in [1.82, 2.24) is 4.98 Å². The molecule has 15 heavy (non-hydrogen) atoms. The first-order chi connectivity index (χ1) is 7.13. The van der Waals surface area contributed by atoms with E-state index in [2.05, 4.69) is 4.98 Å². The predicted molar refractivity (Wildman–Crippen MR) is 52.3 cm³/mol. The summed E-state index contributed by atoms with van der Waals surface area (Å²) in [4.78, 5) is 23.7. The molecule has 0 amide bonds. The van der Waals surface area contributed by atoms with E-state index in [4.69, 9.17) is 4.74 Å². The summed E-state index contributed by atoms with van der Waals surface area (Å²) in [6, 6.07) is 1.57. The van der Waals surface area contributed by atoms with Gasteiger partial charge >= 0.3 is 5.97 Å². The molecule has 6 heteroatoms. The standard InChI is InChI=1S/C9H12N2O4/c1-2-15-9(12)7-5-8(10-6-7)3-4-11(13)14/h5-6,10H,2-4H2,1H3. The molecule has 0 saturated heterocycles. The molecule has 0 aliphatic heterocycles. The Balaban J connectivity index is 2.56. The molecular weight excluding hydrogens is 200 g/mol. The third kappa shape index (κ3) is 3.41. The van der Waals surface area contributed by atoms with E-state index >= 15 is 0 Å². The van der Waals surface area contributed by atoms with E-state index in [1.807, 2.05) is 0 Å². The Morgan fingerprint density at radius 2 is 2.40 bits per heavy atom. The molecule has 0 aromatic carbocycles. The second-order valence-corrected chi connectivity index (χ2v) is 2.94. The van der Waals surface area contributed by atoms with Crippen molar-refractivity contribution in [2.45, 2.75) is 13.3 Å². The normalized spacial score (nSPS) is 9.93. The van der Waals surface area contributed by atoms with Crippen molar-refractivity contribution >= 4 is 5.97 Å². The van der Waals surface area contributed by atoms with Crippen LogP contribution in [-0.2, 0) is 11.2 Å². The molecule has 1 rings (SSSR count). The van der Waals surface area contributed by atoms with Crippen molar-refractivity contribution < 1.29 is 14.5 Å². The van der Waals surface area contributed by atoms with Crippen LogP contribution in [0.4, 0.5) is 0 Å². The fourth-order valence-corrected chi connectivity index (χ4v) is 1.13. The van der Waals surface area contributed by atoms with Crippen molar-refractivity contribution in [3.05, 3.63) is 33.6 Å². The molecule has 0 aliphatic carbocycles. The highest BCUT2D eigenvalue weighted by molar-refractivity contribution is 5.89. The minimum absolute atomic E-state index is 0.150. The maximum absolute atomic E-state index is 11.2. The van der Waals surface area contributed by atoms with Gasteiger partial charge in [0.2, 0.25) is 6.54 Å². The predicted octanol–water partition coefficient (Wildman–Crippen LogP) is 1.01. The number of nitrogens with zero attached hydrogens (tertiary/aromatic N) is 1. The molecule has 1 aromatic rings. The molecule has 0 saturated carbocycles. The SMILES string of the molecule is CCOC(=O)c1c[nH]c(CC[N+](=O)[O-])c1. The highest BCUT2D eigenvalue weighted by Crippen LogP contribution is 2.06. The number of aromatic nitrogens is 1. The molecule has 1 N–H and O–H groups in total. The molecule has 0 radical (unpaired) electrons. The number of ether oxygens (including phenoxy) is 1. The van der Waals surface area contributed by atoms with Gasteiger partial charge in [0.25, 0.3) is 0 Å². The Bertz CT molecular complexity index is 359. The summed E-state index contributed by atoms with van der Waals surface area (Å²) in [5.41, 5.74) is 1.06. The first-order valence-corrected chi connectivity index (χ1v) is 4.59. The van der Waals surface area contributed by atoms with Crippen molar-refractivity contribution in [3.63, 3.8) is 0 Å². The van der Waals surface area contributed by atoms with Crippen LogP contribution in [0.3, 0.4) is 0 Å². The highest BCUT2D eigenvalue weighted by atomic mass is 16.6. The monoisotopic (exact) mass is 212 g/mol. The number of esters is 1. The summed E-state index contributed by atoms with van der Waals surface area (Å²) in [5, 5.41) is 10.1. The fraction of sp³-hybridized carbons (Fsp3) is 0.444. The van der Waals surface area contributed by atoms with Crippen molar-refractivity contribution in [2.75, 3.05) is 13.2 Å². The number of aromatic amines is 1. The van der Waals surface area contributed by atoms with Gasteiger partial charge in [0.15, 0.2) is 0 Å². The molecule has 0 atom stereocenters. The van der Waals surface area contributed by atoms with Crippen LogP contribution in [0.1, 0.15) is 23.0 Å². The average Bonchev–Trinajstić information content (AvgIpc) is 2.63. The van der Waals surface area contributed by atoms with Crippen LogP contribution in [0.15, 0.2) is 12.3 Å². The zero-order valence-corrected chi connectivity index (χ0v) is 8.36.